The van der Waals surface area contributed by atoms with Crippen molar-refractivity contribution >= 4 is 44.9 Å². The SMILES string of the molecule is CCCCCCCCc1oc2c(ccc3c2ccc2c(-c4ccc(C=C(C#N)C#N)cc4)c(CCCCCCCC)oc23)c1-c1ccc(C=C(C#N)C#N)cc1. The Morgan fingerprint density at radius 1 is 0.446 bits per heavy atom. The van der Waals surface area contributed by atoms with Gasteiger partial charge in [0.25, 0.3) is 0 Å². The summed E-state index contributed by atoms with van der Waals surface area (Å²) in [6.07, 6.45) is 19.2. The zero-order chi connectivity index (χ0) is 39.3. The maximum absolute atomic E-state index is 9.27. The molecule has 0 unspecified atom stereocenters. The standard InChI is InChI=1S/C50H48N4O2/c1-3-5-7-9-11-13-15-45-47(39-21-17-35(18-22-39)29-37(31-51)32-52)43-27-25-42-41(49(43)55-45)26-28-44-48(40-23-19-36(20-24-40)30-38(33-53)34-54)46(56-50(42)44)16-14-12-10-8-6-4-2/h17-30H,3-16H2,1-2H3. The van der Waals surface area contributed by atoms with Gasteiger partial charge in [0.2, 0.25) is 0 Å². The molecule has 2 heterocycles. The van der Waals surface area contributed by atoms with Crippen molar-refractivity contribution in [1.29, 1.82) is 21.0 Å². The molecule has 4 aromatic carbocycles. The predicted octanol–water partition coefficient (Wildman–Crippen LogP) is 14.3. The summed E-state index contributed by atoms with van der Waals surface area (Å²) in [6.45, 7) is 4.48. The Hall–Kier alpha value is -6.34. The van der Waals surface area contributed by atoms with Gasteiger partial charge in [-0.2, -0.15) is 21.0 Å². The van der Waals surface area contributed by atoms with Crippen molar-refractivity contribution in [1.82, 2.24) is 0 Å². The average Bonchev–Trinajstić information content (AvgIpc) is 3.80. The van der Waals surface area contributed by atoms with Gasteiger partial charge < -0.3 is 8.83 Å². The van der Waals surface area contributed by atoms with Gasteiger partial charge >= 0.3 is 0 Å². The number of nitriles is 4. The lowest BCUT2D eigenvalue weighted by atomic mass is 9.94. The van der Waals surface area contributed by atoms with Crippen molar-refractivity contribution in [3.63, 3.8) is 0 Å². The van der Waals surface area contributed by atoms with E-state index < -0.39 is 0 Å². The summed E-state index contributed by atoms with van der Waals surface area (Å²) in [7, 11) is 0. The van der Waals surface area contributed by atoms with Crippen LogP contribution in [0.5, 0.6) is 0 Å². The third kappa shape index (κ3) is 8.95. The third-order valence-electron chi connectivity index (χ3n) is 10.7. The van der Waals surface area contributed by atoms with E-state index in [0.29, 0.717) is 0 Å². The van der Waals surface area contributed by atoms with Gasteiger partial charge in [0.1, 0.15) is 58.1 Å². The first-order valence-corrected chi connectivity index (χ1v) is 20.2. The molecule has 0 atom stereocenters. The van der Waals surface area contributed by atoms with Crippen LogP contribution in [0, 0.1) is 45.3 Å². The highest BCUT2D eigenvalue weighted by molar-refractivity contribution is 6.18. The summed E-state index contributed by atoms with van der Waals surface area (Å²) in [4.78, 5) is 0. The van der Waals surface area contributed by atoms with Crippen LogP contribution in [-0.2, 0) is 12.8 Å². The molecule has 0 bridgehead atoms. The Morgan fingerprint density at radius 2 is 0.786 bits per heavy atom. The monoisotopic (exact) mass is 736 g/mol. The Morgan fingerprint density at radius 3 is 1.14 bits per heavy atom. The number of hydrogen-bond donors (Lipinski definition) is 0. The van der Waals surface area contributed by atoms with E-state index in [1.807, 2.05) is 48.5 Å². The number of rotatable bonds is 18. The third-order valence-corrected chi connectivity index (χ3v) is 10.7. The minimum Gasteiger partial charge on any atom is -0.460 e. The molecule has 0 saturated carbocycles. The minimum atomic E-state index is 0.0724. The first-order chi connectivity index (χ1) is 27.5. The van der Waals surface area contributed by atoms with Gasteiger partial charge in [0, 0.05) is 45.5 Å². The number of aryl methyl sites for hydroxylation is 2. The summed E-state index contributed by atoms with van der Waals surface area (Å²) in [5.41, 5.74) is 7.68. The zero-order valence-corrected chi connectivity index (χ0v) is 32.6. The van der Waals surface area contributed by atoms with Crippen LogP contribution in [0.1, 0.15) is 114 Å². The van der Waals surface area contributed by atoms with Gasteiger partial charge in [-0.15, -0.1) is 0 Å². The number of unbranched alkanes of at least 4 members (excludes halogenated alkanes) is 10. The van der Waals surface area contributed by atoms with E-state index >= 15 is 0 Å². The first-order valence-electron chi connectivity index (χ1n) is 20.2. The molecule has 280 valence electrons. The molecule has 0 aliphatic carbocycles. The van der Waals surface area contributed by atoms with Gasteiger partial charge in [-0.1, -0.05) is 127 Å². The molecule has 0 amide bonds. The molecule has 0 fully saturated rings. The highest BCUT2D eigenvalue weighted by Crippen LogP contribution is 2.44. The lowest BCUT2D eigenvalue weighted by molar-refractivity contribution is 0.523. The van der Waals surface area contributed by atoms with Gasteiger partial charge in [0.15, 0.2) is 0 Å². The summed E-state index contributed by atoms with van der Waals surface area (Å²) in [5, 5.41) is 41.2. The summed E-state index contributed by atoms with van der Waals surface area (Å²) < 4.78 is 13.8. The maximum Gasteiger partial charge on any atom is 0.142 e. The van der Waals surface area contributed by atoms with E-state index in [0.717, 1.165) is 116 Å². The van der Waals surface area contributed by atoms with Crippen molar-refractivity contribution < 1.29 is 8.83 Å². The van der Waals surface area contributed by atoms with E-state index in [1.54, 1.807) is 12.2 Å². The van der Waals surface area contributed by atoms with Crippen LogP contribution in [0.3, 0.4) is 0 Å². The second-order valence-corrected chi connectivity index (χ2v) is 14.6. The highest BCUT2D eigenvalue weighted by atomic mass is 16.3. The Labute approximate surface area is 330 Å². The average molecular weight is 737 g/mol. The molecule has 6 aromatic rings. The number of allylic oxidation sites excluding steroid dienone is 2. The molecule has 0 spiro atoms. The Balaban J connectivity index is 1.44. The predicted molar refractivity (Wildman–Crippen MR) is 227 cm³/mol. The largest absolute Gasteiger partial charge is 0.460 e. The van der Waals surface area contributed by atoms with E-state index in [2.05, 4.69) is 62.4 Å². The summed E-state index contributed by atoms with van der Waals surface area (Å²) in [6, 6.07) is 32.5. The fourth-order valence-corrected chi connectivity index (χ4v) is 7.73. The van der Waals surface area contributed by atoms with Gasteiger partial charge in [-0.3, -0.25) is 0 Å². The van der Waals surface area contributed by atoms with Crippen molar-refractivity contribution in [2.75, 3.05) is 0 Å². The lowest BCUT2D eigenvalue weighted by Gasteiger charge is -2.06. The van der Waals surface area contributed by atoms with E-state index in [-0.39, 0.29) is 11.1 Å². The highest BCUT2D eigenvalue weighted by Gasteiger charge is 2.22. The topological polar surface area (TPSA) is 121 Å². The molecule has 56 heavy (non-hydrogen) atoms. The second-order valence-electron chi connectivity index (χ2n) is 14.6. The van der Waals surface area contributed by atoms with Crippen molar-refractivity contribution in [3.8, 4) is 46.5 Å². The van der Waals surface area contributed by atoms with Crippen molar-refractivity contribution in [3.05, 3.63) is 107 Å². The van der Waals surface area contributed by atoms with Crippen LogP contribution < -0.4 is 0 Å². The Bertz CT molecular complexity index is 2320. The molecular weight excluding hydrogens is 689 g/mol. The molecule has 0 aliphatic rings. The minimum absolute atomic E-state index is 0.0724. The first kappa shape index (κ1) is 39.4. The van der Waals surface area contributed by atoms with Gasteiger partial charge in [-0.25, -0.2) is 0 Å². The molecule has 0 saturated heterocycles. The number of nitrogens with zero attached hydrogens (tertiary/aromatic N) is 4. The normalized spacial score (nSPS) is 10.9. The maximum atomic E-state index is 9.27. The van der Waals surface area contributed by atoms with Gasteiger partial charge in [-0.05, 0) is 71.5 Å². The molecular formula is C50H48N4O2. The molecule has 0 radical (unpaired) electrons. The van der Waals surface area contributed by atoms with Crippen LogP contribution in [0.2, 0.25) is 0 Å². The van der Waals surface area contributed by atoms with Crippen LogP contribution in [0.25, 0.3) is 67.1 Å². The van der Waals surface area contributed by atoms with Crippen molar-refractivity contribution in [2.24, 2.45) is 0 Å². The number of hydrogen-bond acceptors (Lipinski definition) is 6. The van der Waals surface area contributed by atoms with Crippen LogP contribution >= 0.6 is 0 Å². The van der Waals surface area contributed by atoms with E-state index in [4.69, 9.17) is 8.83 Å². The van der Waals surface area contributed by atoms with Crippen molar-refractivity contribution in [2.45, 2.75) is 104 Å². The summed E-state index contributed by atoms with van der Waals surface area (Å²) in [5.74, 6) is 1.94. The summed E-state index contributed by atoms with van der Waals surface area (Å²) >= 11 is 0. The molecule has 0 N–H and O–H groups in total. The Kier molecular flexibility index (Phi) is 13.6. The fraction of sp³-hybridized carbons (Fsp3) is 0.320. The molecule has 6 heteroatoms. The quantitative estimate of drug-likeness (QED) is 0.0639. The van der Waals surface area contributed by atoms with Crippen LogP contribution in [0.15, 0.2) is 92.8 Å². The second kappa shape index (κ2) is 19.3. The number of furan rings is 2. The van der Waals surface area contributed by atoms with E-state index in [9.17, 15) is 21.0 Å². The smallest absolute Gasteiger partial charge is 0.142 e. The molecule has 0 aliphatic heterocycles. The number of benzene rings is 4. The lowest BCUT2D eigenvalue weighted by Crippen LogP contribution is -1.88. The zero-order valence-electron chi connectivity index (χ0n) is 32.6. The van der Waals surface area contributed by atoms with E-state index in [1.165, 1.54) is 51.4 Å². The van der Waals surface area contributed by atoms with Crippen LogP contribution in [-0.4, -0.2) is 0 Å². The molecule has 6 rings (SSSR count). The fourth-order valence-electron chi connectivity index (χ4n) is 7.73. The molecule has 6 nitrogen and oxygen atoms in total. The van der Waals surface area contributed by atoms with Crippen LogP contribution in [0.4, 0.5) is 0 Å². The molecule has 2 aromatic heterocycles. The number of fused-ring (bicyclic) bond motifs is 5. The van der Waals surface area contributed by atoms with Gasteiger partial charge in [0.05, 0.1) is 0 Å².